The minimum atomic E-state index is -0.313. The third kappa shape index (κ3) is 3.51. The molecule has 0 atom stereocenters. The second-order valence-electron chi connectivity index (χ2n) is 5.59. The van der Waals surface area contributed by atoms with E-state index in [1.165, 1.54) is 9.47 Å². The topological polar surface area (TPSA) is 68.4 Å². The Balaban J connectivity index is 2.25. The Kier molecular flexibility index (Phi) is 5.27. The van der Waals surface area contributed by atoms with E-state index >= 15 is 0 Å². The van der Waals surface area contributed by atoms with E-state index in [-0.39, 0.29) is 17.0 Å². The van der Waals surface area contributed by atoms with Gasteiger partial charge in [0.25, 0.3) is 11.5 Å². The Hall–Kier alpha value is -2.21. The summed E-state index contributed by atoms with van der Waals surface area (Å²) < 4.78 is 1.54. The Morgan fingerprint density at radius 2 is 2.18 bits per heavy atom. The zero-order chi connectivity index (χ0) is 16.1. The van der Waals surface area contributed by atoms with Crippen molar-refractivity contribution in [2.75, 3.05) is 27.2 Å². The Morgan fingerprint density at radius 3 is 2.86 bits per heavy atom. The molecule has 0 spiro atoms. The number of pyridine rings is 2. The fraction of sp³-hybridized carbons (Fsp3) is 0.438. The van der Waals surface area contributed by atoms with Gasteiger partial charge in [-0.2, -0.15) is 0 Å². The SMILES string of the molecule is CCn1c(=O)c(C(=O)NCCC[NH+](C)C)cc2cccnc21. The zero-order valence-electron chi connectivity index (χ0n) is 13.3. The molecular weight excluding hydrogens is 280 g/mol. The highest BCUT2D eigenvalue weighted by Crippen LogP contribution is 2.10. The molecule has 6 nitrogen and oxygen atoms in total. The van der Waals surface area contributed by atoms with Crippen molar-refractivity contribution in [3.05, 3.63) is 40.3 Å². The summed E-state index contributed by atoms with van der Waals surface area (Å²) in [6, 6.07) is 5.29. The normalized spacial score (nSPS) is 11.1. The van der Waals surface area contributed by atoms with Crippen molar-refractivity contribution in [2.24, 2.45) is 0 Å². The monoisotopic (exact) mass is 303 g/mol. The summed E-state index contributed by atoms with van der Waals surface area (Å²) in [5.74, 6) is -0.313. The first-order valence-corrected chi connectivity index (χ1v) is 7.60. The van der Waals surface area contributed by atoms with Gasteiger partial charge in [-0.05, 0) is 25.1 Å². The van der Waals surface area contributed by atoms with Gasteiger partial charge in [-0.25, -0.2) is 4.98 Å². The summed E-state index contributed by atoms with van der Waals surface area (Å²) in [6.45, 7) is 3.90. The highest BCUT2D eigenvalue weighted by atomic mass is 16.2. The Bertz CT molecular complexity index is 722. The first-order chi connectivity index (χ1) is 10.5. The number of aryl methyl sites for hydroxylation is 1. The van der Waals surface area contributed by atoms with Gasteiger partial charge < -0.3 is 10.2 Å². The lowest BCUT2D eigenvalue weighted by atomic mass is 10.2. The van der Waals surface area contributed by atoms with Gasteiger partial charge in [-0.3, -0.25) is 14.2 Å². The Morgan fingerprint density at radius 1 is 1.41 bits per heavy atom. The molecule has 2 heterocycles. The van der Waals surface area contributed by atoms with E-state index < -0.39 is 0 Å². The summed E-state index contributed by atoms with van der Waals surface area (Å²) in [7, 11) is 4.14. The summed E-state index contributed by atoms with van der Waals surface area (Å²) in [4.78, 5) is 30.3. The molecule has 22 heavy (non-hydrogen) atoms. The molecule has 2 N–H and O–H groups in total. The van der Waals surface area contributed by atoms with Crippen molar-refractivity contribution < 1.29 is 9.69 Å². The maximum Gasteiger partial charge on any atom is 0.265 e. The van der Waals surface area contributed by atoms with Crippen molar-refractivity contribution in [3.63, 3.8) is 0 Å². The minimum Gasteiger partial charge on any atom is -0.352 e. The molecule has 2 rings (SSSR count). The van der Waals surface area contributed by atoms with E-state index in [9.17, 15) is 9.59 Å². The fourth-order valence-electron chi connectivity index (χ4n) is 2.40. The van der Waals surface area contributed by atoms with Crippen LogP contribution in [0.4, 0.5) is 0 Å². The average Bonchev–Trinajstić information content (AvgIpc) is 2.50. The highest BCUT2D eigenvalue weighted by molar-refractivity contribution is 5.96. The molecule has 0 aliphatic rings. The molecule has 0 aliphatic heterocycles. The number of aromatic nitrogens is 2. The van der Waals surface area contributed by atoms with Crippen LogP contribution in [0.3, 0.4) is 0 Å². The van der Waals surface area contributed by atoms with Crippen LogP contribution in [-0.4, -0.2) is 42.6 Å². The molecule has 6 heteroatoms. The van der Waals surface area contributed by atoms with Crippen molar-refractivity contribution in [2.45, 2.75) is 19.9 Å². The number of nitrogens with zero attached hydrogens (tertiary/aromatic N) is 2. The lowest BCUT2D eigenvalue weighted by molar-refractivity contribution is -0.858. The van der Waals surface area contributed by atoms with Crippen molar-refractivity contribution in [1.82, 2.24) is 14.9 Å². The van der Waals surface area contributed by atoms with E-state index in [1.54, 1.807) is 18.3 Å². The maximum atomic E-state index is 12.5. The zero-order valence-corrected chi connectivity index (χ0v) is 13.3. The molecular formula is C16H23N4O2+. The van der Waals surface area contributed by atoms with Gasteiger partial charge in [0.05, 0.1) is 20.6 Å². The molecule has 0 saturated carbocycles. The lowest BCUT2D eigenvalue weighted by Crippen LogP contribution is -3.05. The van der Waals surface area contributed by atoms with Gasteiger partial charge >= 0.3 is 0 Å². The third-order valence-corrected chi connectivity index (χ3v) is 3.55. The van der Waals surface area contributed by atoms with Crippen LogP contribution in [0.25, 0.3) is 11.0 Å². The number of carbonyl (C=O) groups is 1. The summed E-state index contributed by atoms with van der Waals surface area (Å²) in [5, 5.41) is 3.62. The molecule has 0 unspecified atom stereocenters. The van der Waals surface area contributed by atoms with Gasteiger partial charge in [0.15, 0.2) is 0 Å². The average molecular weight is 303 g/mol. The smallest absolute Gasteiger partial charge is 0.265 e. The van der Waals surface area contributed by atoms with Crippen LogP contribution in [0.5, 0.6) is 0 Å². The number of fused-ring (bicyclic) bond motifs is 1. The van der Waals surface area contributed by atoms with Gasteiger partial charge in [-0.1, -0.05) is 0 Å². The largest absolute Gasteiger partial charge is 0.352 e. The number of rotatable bonds is 6. The molecule has 0 aliphatic carbocycles. The molecule has 2 aromatic heterocycles. The van der Waals surface area contributed by atoms with Crippen LogP contribution in [-0.2, 0) is 6.54 Å². The molecule has 0 radical (unpaired) electrons. The van der Waals surface area contributed by atoms with Crippen molar-refractivity contribution in [3.8, 4) is 0 Å². The first kappa shape index (κ1) is 16.2. The maximum absolute atomic E-state index is 12.5. The highest BCUT2D eigenvalue weighted by Gasteiger charge is 2.15. The first-order valence-electron chi connectivity index (χ1n) is 7.60. The molecule has 0 bridgehead atoms. The lowest BCUT2D eigenvalue weighted by Gasteiger charge is -2.11. The van der Waals surface area contributed by atoms with E-state index in [0.29, 0.717) is 18.7 Å². The standard InChI is InChI=1S/C16H22N4O2/c1-4-20-14-12(7-5-8-17-14)11-13(16(20)22)15(21)18-9-6-10-19(2)3/h5,7-8,11H,4,6,9-10H2,1-3H3,(H,18,21)/p+1. The number of hydrogen-bond donors (Lipinski definition) is 2. The second kappa shape index (κ2) is 7.17. The van der Waals surface area contributed by atoms with Crippen LogP contribution >= 0.6 is 0 Å². The van der Waals surface area contributed by atoms with Crippen LogP contribution in [0.2, 0.25) is 0 Å². The molecule has 1 amide bonds. The number of hydrogen-bond acceptors (Lipinski definition) is 3. The molecule has 2 aromatic rings. The minimum absolute atomic E-state index is 0.180. The number of nitrogens with one attached hydrogen (secondary N) is 2. The van der Waals surface area contributed by atoms with Crippen LogP contribution < -0.4 is 15.8 Å². The predicted octanol–water partition coefficient (Wildman–Crippen LogP) is -0.319. The molecule has 0 saturated heterocycles. The summed E-state index contributed by atoms with van der Waals surface area (Å²) in [5.41, 5.74) is 0.506. The van der Waals surface area contributed by atoms with E-state index in [0.717, 1.165) is 18.4 Å². The Labute approximate surface area is 129 Å². The van der Waals surface area contributed by atoms with Gasteiger partial charge in [0, 0.05) is 31.1 Å². The molecule has 0 aromatic carbocycles. The van der Waals surface area contributed by atoms with Gasteiger partial charge in [-0.15, -0.1) is 0 Å². The number of quaternary nitrogens is 1. The quantitative estimate of drug-likeness (QED) is 0.719. The van der Waals surface area contributed by atoms with E-state index in [1.807, 2.05) is 13.0 Å². The van der Waals surface area contributed by atoms with E-state index in [2.05, 4.69) is 24.4 Å². The fourth-order valence-corrected chi connectivity index (χ4v) is 2.40. The van der Waals surface area contributed by atoms with Crippen LogP contribution in [0, 0.1) is 0 Å². The van der Waals surface area contributed by atoms with Gasteiger partial charge in [0.1, 0.15) is 11.2 Å². The number of carbonyl (C=O) groups excluding carboxylic acids is 1. The third-order valence-electron chi connectivity index (χ3n) is 3.55. The van der Waals surface area contributed by atoms with Crippen molar-refractivity contribution in [1.29, 1.82) is 0 Å². The molecule has 0 fully saturated rings. The van der Waals surface area contributed by atoms with Crippen LogP contribution in [0.1, 0.15) is 23.7 Å². The summed E-state index contributed by atoms with van der Waals surface area (Å²) >= 11 is 0. The van der Waals surface area contributed by atoms with Crippen LogP contribution in [0.15, 0.2) is 29.2 Å². The summed E-state index contributed by atoms with van der Waals surface area (Å²) in [6.07, 6.45) is 2.53. The number of amides is 1. The molecule has 118 valence electrons. The van der Waals surface area contributed by atoms with Crippen molar-refractivity contribution >= 4 is 16.9 Å². The van der Waals surface area contributed by atoms with Gasteiger partial charge in [0.2, 0.25) is 0 Å². The predicted molar refractivity (Wildman–Crippen MR) is 86.3 cm³/mol. The van der Waals surface area contributed by atoms with E-state index in [4.69, 9.17) is 0 Å². The second-order valence-corrected chi connectivity index (χ2v) is 5.59.